The molecular formula is C25H20N4O2S. The number of nitrogens with zero attached hydrogens (tertiary/aromatic N) is 4. The van der Waals surface area contributed by atoms with Gasteiger partial charge in [-0.3, -0.25) is 14.6 Å². The van der Waals surface area contributed by atoms with Crippen molar-refractivity contribution in [1.29, 1.82) is 0 Å². The van der Waals surface area contributed by atoms with Crippen LogP contribution in [0.2, 0.25) is 0 Å². The van der Waals surface area contributed by atoms with E-state index in [1.807, 2.05) is 66.4 Å². The van der Waals surface area contributed by atoms with Gasteiger partial charge >= 0.3 is 0 Å². The van der Waals surface area contributed by atoms with E-state index in [0.29, 0.717) is 46.5 Å². The number of aromatic nitrogens is 1. The molecule has 1 saturated carbocycles. The zero-order chi connectivity index (χ0) is 22.3. The molecule has 0 radical (unpaired) electrons. The van der Waals surface area contributed by atoms with Gasteiger partial charge in [0.2, 0.25) is 0 Å². The molecule has 3 aromatic rings. The van der Waals surface area contributed by atoms with Crippen molar-refractivity contribution in [3.63, 3.8) is 0 Å². The molecule has 1 aromatic heterocycles. The van der Waals surface area contributed by atoms with E-state index in [2.05, 4.69) is 9.83 Å². The number of hydrogen-bond donors (Lipinski definition) is 0. The molecule has 158 valence electrons. The number of carbonyl (C=O) groups is 1. The van der Waals surface area contributed by atoms with Crippen molar-refractivity contribution < 1.29 is 9.53 Å². The average molecular weight is 441 g/mol. The van der Waals surface area contributed by atoms with Gasteiger partial charge in [-0.1, -0.05) is 36.9 Å². The van der Waals surface area contributed by atoms with Crippen LogP contribution in [0.1, 0.15) is 24.8 Å². The van der Waals surface area contributed by atoms with Gasteiger partial charge in [0.05, 0.1) is 11.4 Å². The normalized spacial score (nSPS) is 16.8. The average Bonchev–Trinajstić information content (AvgIpc) is 3.01. The fourth-order valence-corrected chi connectivity index (χ4v) is 4.78. The monoisotopic (exact) mass is 440 g/mol. The van der Waals surface area contributed by atoms with E-state index in [9.17, 15) is 4.79 Å². The Kier molecular flexibility index (Phi) is 4.87. The van der Waals surface area contributed by atoms with Crippen molar-refractivity contribution in [3.05, 3.63) is 83.8 Å². The molecule has 2 aromatic carbocycles. The number of benzene rings is 2. The van der Waals surface area contributed by atoms with Crippen molar-refractivity contribution in [2.75, 3.05) is 9.80 Å². The number of hydrogen-bond acceptors (Lipinski definition) is 4. The number of pyridine rings is 1. The van der Waals surface area contributed by atoms with Gasteiger partial charge in [0.25, 0.3) is 11.7 Å². The molecule has 1 aliphatic heterocycles. The molecule has 1 saturated heterocycles. The van der Waals surface area contributed by atoms with Crippen molar-refractivity contribution in [2.24, 2.45) is 0 Å². The molecule has 0 N–H and O–H groups in total. The Morgan fingerprint density at radius 2 is 1.84 bits per heavy atom. The first-order valence-electron chi connectivity index (χ1n) is 10.4. The second-order valence-electron chi connectivity index (χ2n) is 7.97. The number of amides is 1. The third kappa shape index (κ3) is 3.03. The topological polar surface area (TPSA) is 50.0 Å². The fraction of sp³-hybridized carbons (Fsp3) is 0.200. The van der Waals surface area contributed by atoms with Gasteiger partial charge in [0.1, 0.15) is 17.5 Å². The van der Waals surface area contributed by atoms with E-state index < -0.39 is 5.54 Å². The van der Waals surface area contributed by atoms with Gasteiger partial charge in [0, 0.05) is 0 Å². The smallest absolute Gasteiger partial charge is 0.272 e. The summed E-state index contributed by atoms with van der Waals surface area (Å²) in [6.07, 6.45) is 3.94. The molecule has 1 aliphatic carbocycles. The second kappa shape index (κ2) is 7.74. The molecule has 6 nitrogen and oxygen atoms in total. The van der Waals surface area contributed by atoms with Gasteiger partial charge in [-0.05, 0) is 74.3 Å². The lowest BCUT2D eigenvalue weighted by atomic mass is 9.75. The molecule has 0 unspecified atom stereocenters. The number of aryl methyl sites for hydroxylation is 1. The Balaban J connectivity index is 1.58. The number of ether oxygens (including phenoxy) is 1. The Bertz CT molecular complexity index is 1260. The Hall–Kier alpha value is -3.76. The molecule has 2 aliphatic rings. The van der Waals surface area contributed by atoms with Gasteiger partial charge < -0.3 is 9.58 Å². The van der Waals surface area contributed by atoms with Crippen LogP contribution in [0.15, 0.2) is 66.9 Å². The lowest BCUT2D eigenvalue weighted by Crippen LogP contribution is -2.55. The van der Waals surface area contributed by atoms with Crippen LogP contribution in [0.5, 0.6) is 11.5 Å². The maximum absolute atomic E-state index is 13.7. The molecule has 5 rings (SSSR count). The summed E-state index contributed by atoms with van der Waals surface area (Å²) in [7, 11) is 0. The Morgan fingerprint density at radius 1 is 1.12 bits per heavy atom. The number of para-hydroxylation sites is 3. The number of thiocarbonyl (C=S) groups is 1. The van der Waals surface area contributed by atoms with Crippen LogP contribution in [0, 0.1) is 13.5 Å². The maximum Gasteiger partial charge on any atom is 0.272 e. The number of carbonyl (C=O) groups excluding carboxylic acids is 1. The predicted molar refractivity (Wildman–Crippen MR) is 127 cm³/mol. The SMILES string of the molecule is [C-]#[N+]c1ncc(N2C(=O)C3(CCC3)N(c3ccccc3Oc3ccccc3)C2=S)cc1C. The standard InChI is InChI=1S/C25H20N4O2S/c1-17-15-18(16-27-22(17)26-2)28-23(30)25(13-8-14-25)29(24(28)32)20-11-6-7-12-21(20)31-19-9-4-3-5-10-19/h3-7,9-12,15-16H,8,13-14H2,1H3. The summed E-state index contributed by atoms with van der Waals surface area (Å²) in [4.78, 5) is 24.9. The summed E-state index contributed by atoms with van der Waals surface area (Å²) in [5, 5.41) is 0.399. The van der Waals surface area contributed by atoms with Crippen LogP contribution < -0.4 is 14.5 Å². The minimum absolute atomic E-state index is 0.0555. The van der Waals surface area contributed by atoms with Crippen LogP contribution in [-0.2, 0) is 4.79 Å². The highest BCUT2D eigenvalue weighted by molar-refractivity contribution is 7.81. The molecule has 1 amide bonds. The first-order chi connectivity index (χ1) is 15.5. The van der Waals surface area contributed by atoms with Crippen LogP contribution >= 0.6 is 12.2 Å². The maximum atomic E-state index is 13.7. The molecule has 1 spiro atoms. The molecule has 2 fully saturated rings. The third-order valence-corrected chi connectivity index (χ3v) is 6.44. The largest absolute Gasteiger partial charge is 0.455 e. The quantitative estimate of drug-likeness (QED) is 0.379. The zero-order valence-corrected chi connectivity index (χ0v) is 18.3. The lowest BCUT2D eigenvalue weighted by Gasteiger charge is -2.43. The van der Waals surface area contributed by atoms with Crippen LogP contribution in [0.25, 0.3) is 4.85 Å². The van der Waals surface area contributed by atoms with Crippen LogP contribution in [0.4, 0.5) is 17.2 Å². The minimum Gasteiger partial charge on any atom is -0.455 e. The summed E-state index contributed by atoms with van der Waals surface area (Å²) in [6.45, 7) is 9.05. The van der Waals surface area contributed by atoms with E-state index in [1.54, 1.807) is 17.2 Å². The van der Waals surface area contributed by atoms with Crippen LogP contribution in [0.3, 0.4) is 0 Å². The highest BCUT2D eigenvalue weighted by atomic mass is 32.1. The van der Waals surface area contributed by atoms with E-state index >= 15 is 0 Å². The molecule has 7 heteroatoms. The Labute approximate surface area is 191 Å². The van der Waals surface area contributed by atoms with Gasteiger partial charge in [-0.25, -0.2) is 0 Å². The molecule has 0 bridgehead atoms. The lowest BCUT2D eigenvalue weighted by molar-refractivity contribution is -0.123. The highest BCUT2D eigenvalue weighted by Crippen LogP contribution is 2.50. The minimum atomic E-state index is -0.723. The zero-order valence-electron chi connectivity index (χ0n) is 17.5. The van der Waals surface area contributed by atoms with Crippen molar-refractivity contribution >= 4 is 40.4 Å². The van der Waals surface area contributed by atoms with Gasteiger partial charge in [0.15, 0.2) is 10.9 Å². The molecular weight excluding hydrogens is 420 g/mol. The number of anilines is 2. The van der Waals surface area contributed by atoms with Crippen molar-refractivity contribution in [2.45, 2.75) is 31.7 Å². The van der Waals surface area contributed by atoms with E-state index in [1.165, 1.54) is 0 Å². The van der Waals surface area contributed by atoms with E-state index in [4.69, 9.17) is 23.5 Å². The summed E-state index contributed by atoms with van der Waals surface area (Å²) >= 11 is 5.87. The summed E-state index contributed by atoms with van der Waals surface area (Å²) in [6, 6.07) is 19.0. The molecule has 0 atom stereocenters. The van der Waals surface area contributed by atoms with E-state index in [-0.39, 0.29) is 5.91 Å². The van der Waals surface area contributed by atoms with E-state index in [0.717, 1.165) is 12.1 Å². The highest BCUT2D eigenvalue weighted by Gasteiger charge is 2.60. The summed E-state index contributed by atoms with van der Waals surface area (Å²) in [5.74, 6) is 1.62. The Morgan fingerprint density at radius 3 is 2.50 bits per heavy atom. The summed E-state index contributed by atoms with van der Waals surface area (Å²) < 4.78 is 6.18. The van der Waals surface area contributed by atoms with Crippen LogP contribution in [-0.4, -0.2) is 21.5 Å². The van der Waals surface area contributed by atoms with Gasteiger partial charge in [-0.15, -0.1) is 4.98 Å². The molecule has 32 heavy (non-hydrogen) atoms. The summed E-state index contributed by atoms with van der Waals surface area (Å²) in [5.41, 5.74) is 1.33. The predicted octanol–water partition coefficient (Wildman–Crippen LogP) is 5.79. The number of rotatable bonds is 4. The first kappa shape index (κ1) is 20.2. The van der Waals surface area contributed by atoms with Crippen molar-refractivity contribution in [3.8, 4) is 11.5 Å². The molecule has 2 heterocycles. The fourth-order valence-electron chi connectivity index (χ4n) is 4.32. The second-order valence-corrected chi connectivity index (χ2v) is 8.34. The van der Waals surface area contributed by atoms with Gasteiger partial charge in [-0.2, -0.15) is 0 Å². The van der Waals surface area contributed by atoms with Crippen molar-refractivity contribution in [1.82, 2.24) is 4.98 Å². The third-order valence-electron chi connectivity index (χ3n) is 6.07. The first-order valence-corrected chi connectivity index (χ1v) is 10.8.